The second-order valence-corrected chi connectivity index (χ2v) is 7.02. The SMILES string of the molecule is COC(=O)[C@@H](C)Sc1ncnc2sc(-c3ccccc3)cc12. The summed E-state index contributed by atoms with van der Waals surface area (Å²) in [7, 11) is 1.40. The van der Waals surface area contributed by atoms with E-state index in [1.54, 1.807) is 17.7 Å². The van der Waals surface area contributed by atoms with Gasteiger partial charge in [0.05, 0.1) is 7.11 Å². The van der Waals surface area contributed by atoms with Gasteiger partial charge in [0.25, 0.3) is 0 Å². The van der Waals surface area contributed by atoms with Gasteiger partial charge in [-0.05, 0) is 18.6 Å². The van der Waals surface area contributed by atoms with Crippen LogP contribution in [0.5, 0.6) is 0 Å². The topological polar surface area (TPSA) is 52.1 Å². The van der Waals surface area contributed by atoms with Crippen molar-refractivity contribution in [2.75, 3.05) is 7.11 Å². The van der Waals surface area contributed by atoms with Crippen LogP contribution in [-0.4, -0.2) is 28.3 Å². The van der Waals surface area contributed by atoms with Crippen LogP contribution < -0.4 is 0 Å². The molecule has 0 spiro atoms. The van der Waals surface area contributed by atoms with Gasteiger partial charge in [0, 0.05) is 10.3 Å². The highest BCUT2D eigenvalue weighted by molar-refractivity contribution is 8.00. The Bertz CT molecular complexity index is 802. The molecule has 0 fully saturated rings. The molecule has 0 N–H and O–H groups in total. The standard InChI is InChI=1S/C16H14N2O2S2/c1-10(16(19)20-2)21-14-12-8-13(11-6-4-3-5-7-11)22-15(12)18-9-17-14/h3-10H,1-2H3/t10-/m1/s1. The van der Waals surface area contributed by atoms with E-state index in [0.29, 0.717) is 0 Å². The number of fused-ring (bicyclic) bond motifs is 1. The second-order valence-electron chi connectivity index (χ2n) is 4.66. The van der Waals surface area contributed by atoms with E-state index in [4.69, 9.17) is 4.74 Å². The monoisotopic (exact) mass is 330 g/mol. The summed E-state index contributed by atoms with van der Waals surface area (Å²) in [6.45, 7) is 1.81. The van der Waals surface area contributed by atoms with Gasteiger partial charge in [-0.2, -0.15) is 0 Å². The molecule has 0 amide bonds. The zero-order valence-electron chi connectivity index (χ0n) is 12.1. The molecule has 0 radical (unpaired) electrons. The van der Waals surface area contributed by atoms with Crippen LogP contribution in [0.2, 0.25) is 0 Å². The van der Waals surface area contributed by atoms with E-state index < -0.39 is 0 Å². The molecule has 3 rings (SSSR count). The molecule has 0 aliphatic carbocycles. The number of hydrogen-bond donors (Lipinski definition) is 0. The van der Waals surface area contributed by atoms with Gasteiger partial charge in [-0.25, -0.2) is 9.97 Å². The first-order valence-corrected chi connectivity index (χ1v) is 8.43. The van der Waals surface area contributed by atoms with Crippen molar-refractivity contribution in [3.8, 4) is 10.4 Å². The number of carbonyl (C=O) groups excluding carboxylic acids is 1. The third-order valence-electron chi connectivity index (χ3n) is 3.17. The molecule has 1 aromatic carbocycles. The molecular formula is C16H14N2O2S2. The predicted octanol–water partition coefficient (Wildman–Crippen LogP) is 4.01. The van der Waals surface area contributed by atoms with Gasteiger partial charge < -0.3 is 4.74 Å². The Labute approximate surface area is 136 Å². The summed E-state index contributed by atoms with van der Waals surface area (Å²) in [4.78, 5) is 22.3. The lowest BCUT2D eigenvalue weighted by Crippen LogP contribution is -2.14. The van der Waals surface area contributed by atoms with Crippen LogP contribution in [0.1, 0.15) is 6.92 Å². The smallest absolute Gasteiger partial charge is 0.318 e. The molecule has 1 atom stereocenters. The number of carbonyl (C=O) groups is 1. The van der Waals surface area contributed by atoms with Crippen molar-refractivity contribution in [2.24, 2.45) is 0 Å². The third kappa shape index (κ3) is 2.98. The summed E-state index contributed by atoms with van der Waals surface area (Å²) in [5.74, 6) is -0.254. The Morgan fingerprint density at radius 1 is 1.27 bits per heavy atom. The van der Waals surface area contributed by atoms with Crippen LogP contribution in [0.25, 0.3) is 20.7 Å². The van der Waals surface area contributed by atoms with Gasteiger partial charge in [0.15, 0.2) is 0 Å². The van der Waals surface area contributed by atoms with E-state index in [1.165, 1.54) is 18.9 Å². The van der Waals surface area contributed by atoms with Gasteiger partial charge in [-0.3, -0.25) is 4.79 Å². The first kappa shape index (κ1) is 15.0. The minimum atomic E-state index is -0.303. The maximum absolute atomic E-state index is 11.6. The quantitative estimate of drug-likeness (QED) is 0.411. The number of nitrogens with zero attached hydrogens (tertiary/aromatic N) is 2. The van der Waals surface area contributed by atoms with E-state index >= 15 is 0 Å². The Morgan fingerprint density at radius 2 is 2.05 bits per heavy atom. The summed E-state index contributed by atoms with van der Waals surface area (Å²) in [5, 5.41) is 1.48. The van der Waals surface area contributed by atoms with Gasteiger partial charge in [-0.1, -0.05) is 42.1 Å². The molecule has 3 aromatic rings. The van der Waals surface area contributed by atoms with Gasteiger partial charge >= 0.3 is 5.97 Å². The highest BCUT2D eigenvalue weighted by Gasteiger charge is 2.18. The number of rotatable bonds is 4. The van der Waals surface area contributed by atoms with Crippen molar-refractivity contribution < 1.29 is 9.53 Å². The molecule has 0 saturated carbocycles. The molecule has 0 aliphatic heterocycles. The summed E-state index contributed by atoms with van der Waals surface area (Å²) < 4.78 is 4.77. The number of thioether (sulfide) groups is 1. The van der Waals surface area contributed by atoms with Crippen LogP contribution in [0.15, 0.2) is 47.8 Å². The average Bonchev–Trinajstić information content (AvgIpc) is 3.00. The Kier molecular flexibility index (Phi) is 4.40. The highest BCUT2D eigenvalue weighted by Crippen LogP contribution is 2.37. The van der Waals surface area contributed by atoms with Crippen LogP contribution in [0, 0.1) is 0 Å². The van der Waals surface area contributed by atoms with E-state index in [1.807, 2.05) is 25.1 Å². The van der Waals surface area contributed by atoms with Crippen LogP contribution in [-0.2, 0) is 9.53 Å². The van der Waals surface area contributed by atoms with Crippen molar-refractivity contribution in [3.05, 3.63) is 42.7 Å². The molecule has 0 saturated heterocycles. The molecule has 2 aromatic heterocycles. The Balaban J connectivity index is 1.99. The molecule has 0 unspecified atom stereocenters. The van der Waals surface area contributed by atoms with Gasteiger partial charge in [0.2, 0.25) is 0 Å². The van der Waals surface area contributed by atoms with Crippen molar-refractivity contribution in [1.29, 1.82) is 0 Å². The van der Waals surface area contributed by atoms with E-state index in [9.17, 15) is 4.79 Å². The minimum absolute atomic E-state index is 0.254. The Morgan fingerprint density at radius 3 is 2.77 bits per heavy atom. The lowest BCUT2D eigenvalue weighted by atomic mass is 10.2. The van der Waals surface area contributed by atoms with Crippen LogP contribution in [0.3, 0.4) is 0 Å². The van der Waals surface area contributed by atoms with E-state index in [0.717, 1.165) is 25.7 Å². The maximum Gasteiger partial charge on any atom is 0.318 e. The third-order valence-corrected chi connectivity index (χ3v) is 5.36. The van der Waals surface area contributed by atoms with Gasteiger partial charge in [-0.15, -0.1) is 11.3 Å². The summed E-state index contributed by atoms with van der Waals surface area (Å²) in [6, 6.07) is 12.3. The largest absolute Gasteiger partial charge is 0.468 e. The van der Waals surface area contributed by atoms with Crippen molar-refractivity contribution in [2.45, 2.75) is 17.2 Å². The number of esters is 1. The highest BCUT2D eigenvalue weighted by atomic mass is 32.2. The fourth-order valence-corrected chi connectivity index (χ4v) is 4.04. The molecule has 6 heteroatoms. The number of thiophene rings is 1. The van der Waals surface area contributed by atoms with Crippen LogP contribution in [0.4, 0.5) is 0 Å². The first-order valence-electron chi connectivity index (χ1n) is 6.73. The Hall–Kier alpha value is -1.92. The zero-order valence-corrected chi connectivity index (χ0v) is 13.8. The number of benzene rings is 1. The number of hydrogen-bond acceptors (Lipinski definition) is 6. The second kappa shape index (κ2) is 6.46. The molecule has 22 heavy (non-hydrogen) atoms. The molecule has 4 nitrogen and oxygen atoms in total. The van der Waals surface area contributed by atoms with Crippen molar-refractivity contribution >= 4 is 39.3 Å². The zero-order chi connectivity index (χ0) is 15.5. The lowest BCUT2D eigenvalue weighted by molar-refractivity contribution is -0.139. The molecule has 0 bridgehead atoms. The van der Waals surface area contributed by atoms with Crippen LogP contribution >= 0.6 is 23.1 Å². The molecular weight excluding hydrogens is 316 g/mol. The number of ether oxygens (including phenoxy) is 1. The summed E-state index contributed by atoms with van der Waals surface area (Å²) >= 11 is 3.02. The minimum Gasteiger partial charge on any atom is -0.468 e. The number of methoxy groups -OCH3 is 1. The normalized spacial score (nSPS) is 12.3. The fourth-order valence-electron chi connectivity index (χ4n) is 2.05. The van der Waals surface area contributed by atoms with E-state index in [2.05, 4.69) is 28.2 Å². The first-order chi connectivity index (χ1) is 10.7. The molecule has 112 valence electrons. The lowest BCUT2D eigenvalue weighted by Gasteiger charge is -2.08. The maximum atomic E-state index is 11.6. The fraction of sp³-hybridized carbons (Fsp3) is 0.188. The van der Waals surface area contributed by atoms with Crippen molar-refractivity contribution in [3.63, 3.8) is 0 Å². The molecule has 0 aliphatic rings. The summed E-state index contributed by atoms with van der Waals surface area (Å²) in [6.07, 6.45) is 1.54. The predicted molar refractivity (Wildman–Crippen MR) is 90.2 cm³/mol. The summed E-state index contributed by atoms with van der Waals surface area (Å²) in [5.41, 5.74) is 1.16. The van der Waals surface area contributed by atoms with Gasteiger partial charge in [0.1, 0.15) is 21.4 Å². The number of aromatic nitrogens is 2. The van der Waals surface area contributed by atoms with E-state index in [-0.39, 0.29) is 11.2 Å². The average molecular weight is 330 g/mol. The van der Waals surface area contributed by atoms with Crippen molar-refractivity contribution in [1.82, 2.24) is 9.97 Å². The molecule has 2 heterocycles.